The quantitative estimate of drug-likeness (QED) is 0.820. The monoisotopic (exact) mass is 328 g/mol. The molecule has 1 aromatic carbocycles. The van der Waals surface area contributed by atoms with E-state index >= 15 is 0 Å². The Bertz CT molecular complexity index is 684. The van der Waals surface area contributed by atoms with Crippen molar-refractivity contribution in [3.8, 4) is 0 Å². The number of aliphatic hydroxyl groups excluding tert-OH is 1. The van der Waals surface area contributed by atoms with Crippen LogP contribution in [-0.4, -0.2) is 51.4 Å². The fourth-order valence-corrected chi connectivity index (χ4v) is 3.16. The Hall–Kier alpha value is -2.18. The summed E-state index contributed by atoms with van der Waals surface area (Å²) in [5.41, 5.74) is 3.22. The Morgan fingerprint density at radius 1 is 1.33 bits per heavy atom. The van der Waals surface area contributed by atoms with Gasteiger partial charge in [-0.1, -0.05) is 30.3 Å². The van der Waals surface area contributed by atoms with E-state index in [1.165, 1.54) is 0 Å². The first-order valence-electron chi connectivity index (χ1n) is 8.37. The van der Waals surface area contributed by atoms with Gasteiger partial charge in [0.2, 0.25) is 5.91 Å². The fraction of sp³-hybridized carbons (Fsp3) is 0.444. The lowest BCUT2D eigenvalue weighted by atomic mass is 10.0. The lowest BCUT2D eigenvalue weighted by Gasteiger charge is -2.35. The maximum atomic E-state index is 12.4. The zero-order valence-corrected chi connectivity index (χ0v) is 14.0. The Morgan fingerprint density at radius 2 is 2.12 bits per heavy atom. The summed E-state index contributed by atoms with van der Waals surface area (Å²) in [6, 6.07) is 9.95. The fourth-order valence-electron chi connectivity index (χ4n) is 3.16. The Kier molecular flexibility index (Phi) is 5.27. The molecule has 0 spiro atoms. The van der Waals surface area contributed by atoms with E-state index in [1.54, 1.807) is 4.68 Å². The Labute approximate surface area is 142 Å². The van der Waals surface area contributed by atoms with Gasteiger partial charge in [-0.25, -0.2) is 0 Å². The van der Waals surface area contributed by atoms with E-state index in [0.29, 0.717) is 26.1 Å². The van der Waals surface area contributed by atoms with E-state index in [1.807, 2.05) is 31.3 Å². The van der Waals surface area contributed by atoms with Gasteiger partial charge >= 0.3 is 0 Å². The number of aryl methyl sites for hydroxylation is 1. The summed E-state index contributed by atoms with van der Waals surface area (Å²) in [7, 11) is 0. The maximum absolute atomic E-state index is 12.4. The number of nitrogens with zero attached hydrogens (tertiary/aromatic N) is 3. The molecule has 2 aromatic rings. The number of carbonyl (C=O) groups is 1. The third kappa shape index (κ3) is 3.83. The van der Waals surface area contributed by atoms with Crippen molar-refractivity contribution in [3.05, 3.63) is 53.3 Å². The second-order valence-corrected chi connectivity index (χ2v) is 6.19. The van der Waals surface area contributed by atoms with Crippen LogP contribution < -0.4 is 5.32 Å². The summed E-state index contributed by atoms with van der Waals surface area (Å²) in [5, 5.41) is 16.5. The van der Waals surface area contributed by atoms with Gasteiger partial charge in [-0.15, -0.1) is 0 Å². The van der Waals surface area contributed by atoms with Gasteiger partial charge in [-0.05, 0) is 18.9 Å². The zero-order chi connectivity index (χ0) is 16.9. The van der Waals surface area contributed by atoms with Gasteiger partial charge in [-0.3, -0.25) is 14.4 Å². The highest BCUT2D eigenvalue weighted by Gasteiger charge is 2.30. The molecule has 128 valence electrons. The van der Waals surface area contributed by atoms with Crippen LogP contribution in [0.15, 0.2) is 36.5 Å². The zero-order valence-electron chi connectivity index (χ0n) is 14.0. The van der Waals surface area contributed by atoms with Crippen LogP contribution in [0.1, 0.15) is 16.8 Å². The van der Waals surface area contributed by atoms with Gasteiger partial charge in [0.25, 0.3) is 0 Å². The molecular formula is C18H24N4O2. The molecule has 1 aliphatic heterocycles. The summed E-state index contributed by atoms with van der Waals surface area (Å²) < 4.78 is 1.76. The van der Waals surface area contributed by atoms with Crippen LogP contribution in [0, 0.1) is 6.92 Å². The van der Waals surface area contributed by atoms with Crippen molar-refractivity contribution in [3.63, 3.8) is 0 Å². The number of carbonyl (C=O) groups excluding carboxylic acids is 1. The van der Waals surface area contributed by atoms with Gasteiger partial charge in [0, 0.05) is 31.4 Å². The normalized spacial score (nSPS) is 18.6. The minimum absolute atomic E-state index is 0.0727. The van der Waals surface area contributed by atoms with Crippen molar-refractivity contribution < 1.29 is 9.90 Å². The number of hydrogen-bond acceptors (Lipinski definition) is 4. The van der Waals surface area contributed by atoms with Gasteiger partial charge < -0.3 is 10.4 Å². The molecule has 0 bridgehead atoms. The standard InChI is InChI=1S/C18H24N4O2/c1-14-16(13-22(20-14)9-10-23)12-21-8-7-19-18(24)17(21)11-15-5-3-2-4-6-15/h2-6,13,17,23H,7-12H2,1H3,(H,19,24). The van der Waals surface area contributed by atoms with Crippen LogP contribution in [0.25, 0.3) is 0 Å². The molecule has 0 aliphatic carbocycles. The van der Waals surface area contributed by atoms with Crippen LogP contribution in [0.4, 0.5) is 0 Å². The van der Waals surface area contributed by atoms with Crippen LogP contribution >= 0.6 is 0 Å². The molecule has 1 aromatic heterocycles. The van der Waals surface area contributed by atoms with Crippen molar-refractivity contribution in [2.45, 2.75) is 32.5 Å². The predicted octanol–water partition coefficient (Wildman–Crippen LogP) is 0.727. The molecule has 2 heterocycles. The number of rotatable bonds is 6. The number of hydrogen-bond donors (Lipinski definition) is 2. The summed E-state index contributed by atoms with van der Waals surface area (Å²) in [4.78, 5) is 14.6. The van der Waals surface area contributed by atoms with Gasteiger partial charge in [0.1, 0.15) is 0 Å². The third-order valence-corrected chi connectivity index (χ3v) is 4.46. The lowest BCUT2D eigenvalue weighted by molar-refractivity contribution is -0.129. The predicted molar refractivity (Wildman–Crippen MR) is 91.4 cm³/mol. The van der Waals surface area contributed by atoms with Crippen molar-refractivity contribution in [1.29, 1.82) is 0 Å². The highest BCUT2D eigenvalue weighted by atomic mass is 16.3. The van der Waals surface area contributed by atoms with Gasteiger partial charge in [0.05, 0.1) is 24.9 Å². The molecule has 3 rings (SSSR count). The number of piperazine rings is 1. The van der Waals surface area contributed by atoms with Crippen molar-refractivity contribution in [2.75, 3.05) is 19.7 Å². The van der Waals surface area contributed by atoms with Crippen LogP contribution in [0.5, 0.6) is 0 Å². The summed E-state index contributed by atoms with van der Waals surface area (Å²) in [6.45, 7) is 4.74. The minimum atomic E-state index is -0.165. The van der Waals surface area contributed by atoms with E-state index in [-0.39, 0.29) is 18.6 Å². The van der Waals surface area contributed by atoms with E-state index in [2.05, 4.69) is 27.4 Å². The van der Waals surface area contributed by atoms with Gasteiger partial charge in [0.15, 0.2) is 0 Å². The molecular weight excluding hydrogens is 304 g/mol. The third-order valence-electron chi connectivity index (χ3n) is 4.46. The van der Waals surface area contributed by atoms with Gasteiger partial charge in [-0.2, -0.15) is 5.10 Å². The van der Waals surface area contributed by atoms with Crippen LogP contribution in [0.2, 0.25) is 0 Å². The summed E-state index contributed by atoms with van der Waals surface area (Å²) in [5.74, 6) is 0.0884. The highest BCUT2D eigenvalue weighted by molar-refractivity contribution is 5.82. The van der Waals surface area contributed by atoms with Crippen LogP contribution in [-0.2, 0) is 24.3 Å². The van der Waals surface area contributed by atoms with Crippen molar-refractivity contribution in [2.24, 2.45) is 0 Å². The molecule has 6 heteroatoms. The molecule has 1 amide bonds. The second kappa shape index (κ2) is 7.59. The first kappa shape index (κ1) is 16.7. The molecule has 1 fully saturated rings. The smallest absolute Gasteiger partial charge is 0.237 e. The van der Waals surface area contributed by atoms with Crippen molar-refractivity contribution >= 4 is 5.91 Å². The number of amides is 1. The molecule has 1 saturated heterocycles. The average molecular weight is 328 g/mol. The van der Waals surface area contributed by atoms with E-state index < -0.39 is 0 Å². The molecule has 1 aliphatic rings. The molecule has 6 nitrogen and oxygen atoms in total. The van der Waals surface area contributed by atoms with Crippen molar-refractivity contribution in [1.82, 2.24) is 20.0 Å². The lowest BCUT2D eigenvalue weighted by Crippen LogP contribution is -2.55. The van der Waals surface area contributed by atoms with E-state index in [4.69, 9.17) is 5.11 Å². The topological polar surface area (TPSA) is 70.4 Å². The number of aliphatic hydroxyl groups is 1. The number of benzene rings is 1. The molecule has 2 N–H and O–H groups in total. The number of nitrogens with one attached hydrogen (secondary N) is 1. The maximum Gasteiger partial charge on any atom is 0.237 e. The van der Waals surface area contributed by atoms with Crippen LogP contribution in [0.3, 0.4) is 0 Å². The minimum Gasteiger partial charge on any atom is -0.394 e. The molecule has 24 heavy (non-hydrogen) atoms. The van der Waals surface area contributed by atoms with E-state index in [0.717, 1.165) is 23.4 Å². The molecule has 0 radical (unpaired) electrons. The molecule has 1 atom stereocenters. The average Bonchev–Trinajstić information content (AvgIpc) is 2.92. The molecule has 0 saturated carbocycles. The molecule has 1 unspecified atom stereocenters. The Balaban J connectivity index is 1.75. The highest BCUT2D eigenvalue weighted by Crippen LogP contribution is 2.17. The SMILES string of the molecule is Cc1nn(CCO)cc1CN1CCNC(=O)C1Cc1ccccc1. The first-order valence-corrected chi connectivity index (χ1v) is 8.37. The largest absolute Gasteiger partial charge is 0.394 e. The second-order valence-electron chi connectivity index (χ2n) is 6.19. The van der Waals surface area contributed by atoms with E-state index in [9.17, 15) is 4.79 Å². The first-order chi connectivity index (χ1) is 11.7. The number of aromatic nitrogens is 2. The summed E-state index contributed by atoms with van der Waals surface area (Å²) >= 11 is 0. The summed E-state index contributed by atoms with van der Waals surface area (Å²) in [6.07, 6.45) is 2.67. The Morgan fingerprint density at radius 3 is 2.88 bits per heavy atom.